The summed E-state index contributed by atoms with van der Waals surface area (Å²) in [5, 5.41) is 0. The number of nitrogens with zero attached hydrogens (tertiary/aromatic N) is 1. The van der Waals surface area contributed by atoms with Crippen molar-refractivity contribution in [2.75, 3.05) is 7.05 Å². The maximum Gasteiger partial charge on any atom is 4.00 e. The zero-order valence-electron chi connectivity index (χ0n) is 17.6. The van der Waals surface area contributed by atoms with Gasteiger partial charge >= 0.3 is 30.6 Å². The van der Waals surface area contributed by atoms with Gasteiger partial charge in [-0.25, -0.2) is 0 Å². The van der Waals surface area contributed by atoms with E-state index < -0.39 is 8.84 Å². The van der Waals surface area contributed by atoms with E-state index in [0.29, 0.717) is 5.92 Å². The van der Waals surface area contributed by atoms with Gasteiger partial charge in [-0.1, -0.05) is 68.0 Å². The summed E-state index contributed by atoms with van der Waals surface area (Å²) in [4.78, 5) is 0. The van der Waals surface area contributed by atoms with Gasteiger partial charge in [0.2, 0.25) is 0 Å². The Bertz CT molecular complexity index is 669. The Morgan fingerprint density at radius 3 is 2.29 bits per heavy atom. The zero-order chi connectivity index (χ0) is 18.0. The SMILES string of the molecule is CN([Si](=O)CC1C(CC2CCCCC2)=Cc2ccccc21)C(C)(C)C.[Cl-].[Cl-].[Ti+4]. The molecule has 1 fully saturated rings. The minimum absolute atomic E-state index is 0. The topological polar surface area (TPSA) is 20.3 Å². The predicted octanol–water partition coefficient (Wildman–Crippen LogP) is -0.208. The monoisotopic (exact) mass is 473 g/mol. The van der Waals surface area contributed by atoms with Crippen LogP contribution >= 0.6 is 0 Å². The van der Waals surface area contributed by atoms with Gasteiger partial charge in [0.15, 0.2) is 0 Å². The van der Waals surface area contributed by atoms with Gasteiger partial charge in [0.05, 0.1) is 0 Å². The van der Waals surface area contributed by atoms with E-state index in [4.69, 9.17) is 0 Å². The van der Waals surface area contributed by atoms with Crippen LogP contribution < -0.4 is 24.8 Å². The maximum atomic E-state index is 13.1. The van der Waals surface area contributed by atoms with Crippen molar-refractivity contribution < 1.29 is 51.0 Å². The van der Waals surface area contributed by atoms with E-state index in [1.165, 1.54) is 55.2 Å². The first kappa shape index (κ1) is 28.1. The molecule has 0 aliphatic heterocycles. The first-order valence-electron chi connectivity index (χ1n) is 9.92. The minimum atomic E-state index is -1.78. The first-order chi connectivity index (χ1) is 11.9. The number of hydrogen-bond donors (Lipinski definition) is 0. The molecule has 0 saturated heterocycles. The molecule has 152 valence electrons. The molecule has 0 amide bonds. The van der Waals surface area contributed by atoms with Gasteiger partial charge in [-0.05, 0) is 44.2 Å². The Morgan fingerprint density at radius 1 is 1.07 bits per heavy atom. The molecular weight excluding hydrogens is 441 g/mol. The third-order valence-electron chi connectivity index (χ3n) is 6.17. The van der Waals surface area contributed by atoms with Crippen molar-refractivity contribution in [1.29, 1.82) is 0 Å². The van der Waals surface area contributed by atoms with E-state index in [-0.39, 0.29) is 52.1 Å². The molecule has 3 rings (SSSR count). The van der Waals surface area contributed by atoms with Crippen molar-refractivity contribution in [3.63, 3.8) is 0 Å². The van der Waals surface area contributed by atoms with E-state index in [1.807, 2.05) is 7.05 Å². The summed E-state index contributed by atoms with van der Waals surface area (Å²) in [5.74, 6) is 1.19. The molecule has 0 bridgehead atoms. The van der Waals surface area contributed by atoms with Gasteiger partial charge in [0.1, 0.15) is 0 Å². The van der Waals surface area contributed by atoms with Gasteiger partial charge in [0.25, 0.3) is 0 Å². The fourth-order valence-corrected chi connectivity index (χ4v) is 6.17. The zero-order valence-corrected chi connectivity index (χ0v) is 21.7. The van der Waals surface area contributed by atoms with Gasteiger partial charge < -0.3 is 33.8 Å². The van der Waals surface area contributed by atoms with Crippen LogP contribution in [0.5, 0.6) is 0 Å². The normalized spacial score (nSPS) is 18.7. The van der Waals surface area contributed by atoms with Crippen molar-refractivity contribution in [3.8, 4) is 0 Å². The molecule has 0 radical (unpaired) electrons. The first-order valence-corrected chi connectivity index (χ1v) is 11.5. The number of benzene rings is 1. The summed E-state index contributed by atoms with van der Waals surface area (Å²) in [6, 6.07) is 9.51. The molecule has 2 aliphatic rings. The summed E-state index contributed by atoms with van der Waals surface area (Å²) in [7, 11) is 0.241. The quantitative estimate of drug-likeness (QED) is 0.551. The van der Waals surface area contributed by atoms with Gasteiger partial charge in [-0.3, -0.25) is 0 Å². The Balaban J connectivity index is 0.00000243. The largest absolute Gasteiger partial charge is 4.00 e. The van der Waals surface area contributed by atoms with Crippen molar-refractivity contribution in [1.82, 2.24) is 4.57 Å². The van der Waals surface area contributed by atoms with E-state index in [0.717, 1.165) is 12.0 Å². The second-order valence-corrected chi connectivity index (χ2v) is 10.8. The summed E-state index contributed by atoms with van der Waals surface area (Å²) in [6.45, 7) is 6.45. The Hall–Kier alpha value is 0.0712. The molecule has 1 atom stereocenters. The van der Waals surface area contributed by atoms with Crippen LogP contribution in [-0.2, 0) is 26.2 Å². The van der Waals surface area contributed by atoms with Gasteiger partial charge in [-0.15, -0.1) is 0 Å². The van der Waals surface area contributed by atoms with Crippen molar-refractivity contribution >= 4 is 14.9 Å². The van der Waals surface area contributed by atoms with Crippen LogP contribution in [0, 0.1) is 5.92 Å². The molecule has 1 aromatic carbocycles. The van der Waals surface area contributed by atoms with Crippen LogP contribution in [0.1, 0.15) is 76.3 Å². The molecule has 0 heterocycles. The van der Waals surface area contributed by atoms with Crippen LogP contribution in [0.3, 0.4) is 0 Å². The fraction of sp³-hybridized carbons (Fsp3) is 0.636. The average molecular weight is 474 g/mol. The van der Waals surface area contributed by atoms with Crippen LogP contribution in [0.2, 0.25) is 6.04 Å². The molecular formula is C22H33Cl2NOSiTi+2. The summed E-state index contributed by atoms with van der Waals surface area (Å²) in [5.41, 5.74) is 4.25. The van der Waals surface area contributed by atoms with Gasteiger partial charge in [-0.2, -0.15) is 0 Å². The number of rotatable bonds is 5. The number of allylic oxidation sites excluding steroid dienone is 1. The second-order valence-electron chi connectivity index (χ2n) is 8.94. The summed E-state index contributed by atoms with van der Waals surface area (Å²) in [6.07, 6.45) is 10.5. The minimum Gasteiger partial charge on any atom is -1.00 e. The smallest absolute Gasteiger partial charge is 1.00 e. The Kier molecular flexibility index (Phi) is 12.1. The molecule has 0 spiro atoms. The Labute approximate surface area is 200 Å². The molecule has 2 aliphatic carbocycles. The second kappa shape index (κ2) is 12.1. The average Bonchev–Trinajstić information content (AvgIpc) is 2.91. The molecule has 1 saturated carbocycles. The number of hydrogen-bond acceptors (Lipinski definition) is 1. The maximum absolute atomic E-state index is 13.1. The van der Waals surface area contributed by atoms with Crippen molar-refractivity contribution in [3.05, 3.63) is 41.0 Å². The molecule has 6 heteroatoms. The molecule has 0 N–H and O–H groups in total. The van der Waals surface area contributed by atoms with E-state index in [9.17, 15) is 4.46 Å². The number of halogens is 2. The molecule has 0 aromatic heterocycles. The van der Waals surface area contributed by atoms with Crippen LogP contribution in [-0.4, -0.2) is 26.0 Å². The van der Waals surface area contributed by atoms with E-state index in [1.54, 1.807) is 0 Å². The summed E-state index contributed by atoms with van der Waals surface area (Å²) < 4.78 is 15.2. The Morgan fingerprint density at radius 2 is 1.68 bits per heavy atom. The van der Waals surface area contributed by atoms with Crippen LogP contribution in [0.15, 0.2) is 29.8 Å². The third-order valence-corrected chi connectivity index (χ3v) is 8.34. The standard InChI is InChI=1S/C22H33NOSi.2ClH.Ti/c1-22(2,3)23(4)25(24)16-21-19(14-17-10-6-5-7-11-17)15-18-12-8-9-13-20(18)21;;;/h8-9,12-13,15,17,21H,5-7,10-11,14,16H2,1-4H3;2*1H;/q;;;+4/p-2. The van der Waals surface area contributed by atoms with Crippen molar-refractivity contribution in [2.45, 2.75) is 76.8 Å². The molecule has 2 nitrogen and oxygen atoms in total. The van der Waals surface area contributed by atoms with E-state index in [2.05, 4.69) is 55.7 Å². The molecule has 28 heavy (non-hydrogen) atoms. The van der Waals surface area contributed by atoms with Gasteiger partial charge in [0, 0.05) is 24.5 Å². The molecule has 1 aromatic rings. The van der Waals surface area contributed by atoms with E-state index >= 15 is 0 Å². The third kappa shape index (κ3) is 6.81. The summed E-state index contributed by atoms with van der Waals surface area (Å²) >= 11 is 0. The van der Waals surface area contributed by atoms with Crippen LogP contribution in [0.25, 0.3) is 6.08 Å². The van der Waals surface area contributed by atoms with Crippen molar-refractivity contribution in [2.24, 2.45) is 5.92 Å². The molecule has 1 unspecified atom stereocenters. The van der Waals surface area contributed by atoms with Crippen LogP contribution in [0.4, 0.5) is 0 Å². The fourth-order valence-electron chi connectivity index (χ4n) is 4.31. The number of fused-ring (bicyclic) bond motifs is 1. The predicted molar refractivity (Wildman–Crippen MR) is 107 cm³/mol.